The summed E-state index contributed by atoms with van der Waals surface area (Å²) in [6.07, 6.45) is 7.14. The minimum atomic E-state index is 0.544. The highest BCUT2D eigenvalue weighted by atomic mass is 127. The maximum atomic E-state index is 6.92. The molecule has 0 bridgehead atoms. The monoisotopic (exact) mass is 1240 g/mol. The van der Waals surface area contributed by atoms with E-state index in [1.807, 2.05) is 0 Å². The molecule has 0 atom stereocenters. The molecule has 4 aromatic carbocycles. The van der Waals surface area contributed by atoms with Gasteiger partial charge in [0.2, 0.25) is 0 Å². The number of halogens is 4. The van der Waals surface area contributed by atoms with E-state index in [9.17, 15) is 0 Å². The average molecular weight is 1240 g/mol. The van der Waals surface area contributed by atoms with E-state index >= 15 is 0 Å². The molecule has 0 aromatic heterocycles. The highest BCUT2D eigenvalue weighted by Gasteiger charge is 2.22. The third-order valence-electron chi connectivity index (χ3n) is 10.2. The second-order valence-electron chi connectivity index (χ2n) is 17.4. The summed E-state index contributed by atoms with van der Waals surface area (Å²) in [5.74, 6) is 6.29. The molecule has 0 unspecified atom stereocenters. The predicted molar refractivity (Wildman–Crippen MR) is 279 cm³/mol. The molecule has 0 fully saturated rings. The van der Waals surface area contributed by atoms with Crippen molar-refractivity contribution in [2.24, 2.45) is 23.7 Å². The normalized spacial score (nSPS) is 11.7. The number of benzene rings is 4. The van der Waals surface area contributed by atoms with Crippen molar-refractivity contribution in [2.45, 2.75) is 121 Å². The number of aryl methyl sites for hydroxylation is 2. The minimum absolute atomic E-state index is 0.544. The molecule has 0 radical (unpaired) electrons. The van der Waals surface area contributed by atoms with Gasteiger partial charge in [0.25, 0.3) is 0 Å². The standard InChI is InChI=1S/C50H66I4O4/c1-11-36-24-44(52)26-38(48(36)56-17-13-32(4)5)22-40-28-46(54)30-42(50(40)58-19-15-34(8)9)23-41-29-45(53)27-39(49(41)57-18-14-33(6)7)21-37-25-43(51)20-35(10)47(37)55-16-12-31(2)3/h20,24-34H,11-19,21-23H2,1-10H3. The smallest absolute Gasteiger partial charge is 0.126 e. The van der Waals surface area contributed by atoms with Crippen LogP contribution in [-0.2, 0) is 25.7 Å². The highest BCUT2D eigenvalue weighted by Crippen LogP contribution is 2.39. The highest BCUT2D eigenvalue weighted by molar-refractivity contribution is 14.1. The zero-order valence-electron chi connectivity index (χ0n) is 36.6. The van der Waals surface area contributed by atoms with Crippen LogP contribution in [0.2, 0.25) is 0 Å². The largest absolute Gasteiger partial charge is 0.493 e. The molecule has 0 aliphatic rings. The third kappa shape index (κ3) is 15.7. The summed E-state index contributed by atoms with van der Waals surface area (Å²) in [4.78, 5) is 0. The van der Waals surface area contributed by atoms with Crippen LogP contribution in [0.1, 0.15) is 133 Å². The Bertz CT molecular complexity index is 1930. The summed E-state index contributed by atoms with van der Waals surface area (Å²) in [5, 5.41) is 0. The lowest BCUT2D eigenvalue weighted by molar-refractivity contribution is 0.280. The zero-order chi connectivity index (χ0) is 42.5. The Labute approximate surface area is 406 Å². The van der Waals surface area contributed by atoms with Gasteiger partial charge in [0.1, 0.15) is 23.0 Å². The van der Waals surface area contributed by atoms with Crippen LogP contribution < -0.4 is 18.9 Å². The molecule has 0 amide bonds. The van der Waals surface area contributed by atoms with Crippen LogP contribution in [0, 0.1) is 44.9 Å². The van der Waals surface area contributed by atoms with Gasteiger partial charge in [0, 0.05) is 33.5 Å². The Morgan fingerprint density at radius 3 is 0.914 bits per heavy atom. The van der Waals surface area contributed by atoms with Gasteiger partial charge in [-0.25, -0.2) is 0 Å². The SMILES string of the molecule is CCc1cc(I)cc(Cc2cc(I)cc(Cc3cc(I)cc(Cc4cc(I)cc(C)c4OCCC(C)C)c3OCCC(C)C)c2OCCC(C)C)c1OCCC(C)C. The molecule has 0 aliphatic carbocycles. The number of ether oxygens (including phenoxy) is 4. The van der Waals surface area contributed by atoms with Crippen molar-refractivity contribution >= 4 is 90.4 Å². The molecular formula is C50H66I4O4. The van der Waals surface area contributed by atoms with Crippen LogP contribution in [0.4, 0.5) is 0 Å². The molecule has 0 saturated heterocycles. The first-order valence-corrected chi connectivity index (χ1v) is 25.6. The Morgan fingerprint density at radius 2 is 0.621 bits per heavy atom. The fourth-order valence-corrected chi connectivity index (χ4v) is 10.0. The molecule has 8 heteroatoms. The van der Waals surface area contributed by atoms with E-state index in [0.717, 1.165) is 74.6 Å². The van der Waals surface area contributed by atoms with Crippen molar-refractivity contribution < 1.29 is 18.9 Å². The summed E-state index contributed by atoms with van der Waals surface area (Å²) >= 11 is 9.90. The molecular weight excluding hydrogens is 1170 g/mol. The molecule has 0 heterocycles. The Hall–Kier alpha value is -1.00. The summed E-state index contributed by atoms with van der Waals surface area (Å²) in [6, 6.07) is 18.4. The van der Waals surface area contributed by atoms with E-state index in [1.54, 1.807) is 0 Å². The van der Waals surface area contributed by atoms with E-state index in [1.165, 1.54) is 58.8 Å². The van der Waals surface area contributed by atoms with Gasteiger partial charge in [-0.05, 0) is 246 Å². The topological polar surface area (TPSA) is 36.9 Å². The molecule has 4 rings (SSSR count). The first-order valence-electron chi connectivity index (χ1n) is 21.3. The van der Waals surface area contributed by atoms with Crippen LogP contribution >= 0.6 is 90.4 Å². The lowest BCUT2D eigenvalue weighted by atomic mass is 9.93. The summed E-state index contributed by atoms with van der Waals surface area (Å²) < 4.78 is 31.9. The predicted octanol–water partition coefficient (Wildman–Crippen LogP) is 15.4. The van der Waals surface area contributed by atoms with Crippen molar-refractivity contribution in [3.63, 3.8) is 0 Å². The molecule has 0 N–H and O–H groups in total. The Kier molecular flexibility index (Phi) is 21.1. The van der Waals surface area contributed by atoms with E-state index in [0.29, 0.717) is 49.9 Å². The third-order valence-corrected chi connectivity index (χ3v) is 12.7. The first-order chi connectivity index (χ1) is 27.5. The average Bonchev–Trinajstić information content (AvgIpc) is 3.11. The van der Waals surface area contributed by atoms with E-state index < -0.39 is 0 Å². The van der Waals surface area contributed by atoms with E-state index in [2.05, 4.69) is 208 Å². The van der Waals surface area contributed by atoms with E-state index in [4.69, 9.17) is 18.9 Å². The second kappa shape index (κ2) is 24.6. The van der Waals surface area contributed by atoms with Gasteiger partial charge in [-0.1, -0.05) is 62.3 Å². The van der Waals surface area contributed by atoms with Crippen molar-refractivity contribution in [3.8, 4) is 23.0 Å². The van der Waals surface area contributed by atoms with Crippen LogP contribution in [0.5, 0.6) is 23.0 Å². The van der Waals surface area contributed by atoms with Crippen molar-refractivity contribution in [3.05, 3.63) is 107 Å². The van der Waals surface area contributed by atoms with Gasteiger partial charge in [-0.3, -0.25) is 0 Å². The van der Waals surface area contributed by atoms with Crippen LogP contribution in [0.3, 0.4) is 0 Å². The minimum Gasteiger partial charge on any atom is -0.493 e. The molecule has 0 aliphatic heterocycles. The van der Waals surface area contributed by atoms with Crippen LogP contribution in [0.15, 0.2) is 48.5 Å². The quantitative estimate of drug-likeness (QED) is 0.0694. The van der Waals surface area contributed by atoms with Gasteiger partial charge in [-0.2, -0.15) is 0 Å². The molecule has 4 nitrogen and oxygen atoms in total. The summed E-state index contributed by atoms with van der Waals surface area (Å²) in [5.41, 5.74) is 9.67. The van der Waals surface area contributed by atoms with Crippen LogP contribution in [-0.4, -0.2) is 26.4 Å². The van der Waals surface area contributed by atoms with Crippen molar-refractivity contribution in [1.29, 1.82) is 0 Å². The van der Waals surface area contributed by atoms with Crippen molar-refractivity contribution in [1.82, 2.24) is 0 Å². The number of rotatable bonds is 23. The molecule has 58 heavy (non-hydrogen) atoms. The van der Waals surface area contributed by atoms with Gasteiger partial charge >= 0.3 is 0 Å². The number of hydrogen-bond acceptors (Lipinski definition) is 4. The molecule has 4 aromatic rings. The lowest BCUT2D eigenvalue weighted by Crippen LogP contribution is -2.11. The van der Waals surface area contributed by atoms with Gasteiger partial charge in [0.15, 0.2) is 0 Å². The van der Waals surface area contributed by atoms with Gasteiger partial charge in [-0.15, -0.1) is 0 Å². The summed E-state index contributed by atoms with van der Waals surface area (Å²) in [7, 11) is 0. The first kappa shape index (κ1) is 49.7. The Morgan fingerprint density at radius 1 is 0.379 bits per heavy atom. The Balaban J connectivity index is 1.85. The van der Waals surface area contributed by atoms with Crippen LogP contribution in [0.25, 0.3) is 0 Å². The molecule has 0 saturated carbocycles. The van der Waals surface area contributed by atoms with Gasteiger partial charge in [0.05, 0.1) is 26.4 Å². The second-order valence-corrected chi connectivity index (χ2v) is 22.4. The van der Waals surface area contributed by atoms with Gasteiger partial charge < -0.3 is 18.9 Å². The lowest BCUT2D eigenvalue weighted by Gasteiger charge is -2.22. The number of hydrogen-bond donors (Lipinski definition) is 0. The fraction of sp³-hybridized carbons (Fsp3) is 0.520. The fourth-order valence-electron chi connectivity index (χ4n) is 6.95. The van der Waals surface area contributed by atoms with Crippen molar-refractivity contribution in [2.75, 3.05) is 26.4 Å². The maximum Gasteiger partial charge on any atom is 0.126 e. The zero-order valence-corrected chi connectivity index (χ0v) is 45.2. The molecule has 318 valence electrons. The molecule has 0 spiro atoms. The maximum absolute atomic E-state index is 6.92. The van der Waals surface area contributed by atoms with E-state index in [-0.39, 0.29) is 0 Å². The summed E-state index contributed by atoms with van der Waals surface area (Å²) in [6.45, 7) is 25.3.